The molecular weight excluding hydrogens is 284 g/mol. The molecule has 1 aromatic carbocycles. The molecule has 15 heavy (non-hydrogen) atoms. The summed E-state index contributed by atoms with van der Waals surface area (Å²) in [5.41, 5.74) is 6.09. The van der Waals surface area contributed by atoms with E-state index in [1.165, 1.54) is 12.1 Å². The Morgan fingerprint density at radius 1 is 1.47 bits per heavy atom. The molecule has 1 aliphatic carbocycles. The number of rotatable bonds is 2. The smallest absolute Gasteiger partial charge is 0.137 e. The standard InChI is InChI=1S/C10H11BrFNO.ClH/c11-6-3-4-7(12)8(10(6)14)9(13)5-1-2-5;/h3-5,9,14H,1-2,13H2;1H/t9-;/m0./s1. The van der Waals surface area contributed by atoms with E-state index in [1.54, 1.807) is 0 Å². The minimum Gasteiger partial charge on any atom is -0.506 e. The van der Waals surface area contributed by atoms with E-state index in [1.807, 2.05) is 0 Å². The van der Waals surface area contributed by atoms with Gasteiger partial charge in [-0.3, -0.25) is 0 Å². The normalized spacial score (nSPS) is 17.0. The summed E-state index contributed by atoms with van der Waals surface area (Å²) in [7, 11) is 0. The molecular formula is C10H12BrClFNO. The van der Waals surface area contributed by atoms with Gasteiger partial charge in [-0.25, -0.2) is 4.39 Å². The lowest BCUT2D eigenvalue weighted by Gasteiger charge is -2.14. The van der Waals surface area contributed by atoms with Crippen molar-refractivity contribution in [1.82, 2.24) is 0 Å². The Kier molecular flexibility index (Phi) is 3.98. The molecule has 2 rings (SSSR count). The van der Waals surface area contributed by atoms with Gasteiger partial charge in [-0.05, 0) is 46.8 Å². The van der Waals surface area contributed by atoms with Crippen LogP contribution >= 0.6 is 28.3 Å². The second-order valence-corrected chi connectivity index (χ2v) is 4.51. The predicted molar refractivity (Wildman–Crippen MR) is 62.7 cm³/mol. The Hall–Kier alpha value is -0.320. The molecule has 1 saturated carbocycles. The maximum Gasteiger partial charge on any atom is 0.137 e. The van der Waals surface area contributed by atoms with Crippen molar-refractivity contribution in [3.05, 3.63) is 28.0 Å². The molecule has 3 N–H and O–H groups in total. The van der Waals surface area contributed by atoms with E-state index < -0.39 is 5.82 Å². The predicted octanol–water partition coefficient (Wildman–Crippen LogP) is 3.13. The second kappa shape index (κ2) is 4.68. The molecule has 0 amide bonds. The van der Waals surface area contributed by atoms with Gasteiger partial charge in [-0.15, -0.1) is 12.4 Å². The number of nitrogens with two attached hydrogens (primary N) is 1. The van der Waals surface area contributed by atoms with Crippen LogP contribution in [0.4, 0.5) is 4.39 Å². The monoisotopic (exact) mass is 295 g/mol. The molecule has 0 bridgehead atoms. The highest BCUT2D eigenvalue weighted by atomic mass is 79.9. The summed E-state index contributed by atoms with van der Waals surface area (Å²) in [5.74, 6) is -0.167. The quantitative estimate of drug-likeness (QED) is 0.881. The van der Waals surface area contributed by atoms with E-state index in [-0.39, 0.29) is 29.8 Å². The average molecular weight is 297 g/mol. The van der Waals surface area contributed by atoms with Crippen molar-refractivity contribution in [3.63, 3.8) is 0 Å². The SMILES string of the molecule is Cl.N[C@H](c1c(F)ccc(Br)c1O)C1CC1. The van der Waals surface area contributed by atoms with Crippen molar-refractivity contribution < 1.29 is 9.50 Å². The van der Waals surface area contributed by atoms with Crippen LogP contribution in [0.15, 0.2) is 16.6 Å². The van der Waals surface area contributed by atoms with Crippen molar-refractivity contribution >= 4 is 28.3 Å². The maximum atomic E-state index is 13.4. The van der Waals surface area contributed by atoms with Crippen molar-refractivity contribution in [1.29, 1.82) is 0 Å². The van der Waals surface area contributed by atoms with E-state index in [9.17, 15) is 9.50 Å². The minimum atomic E-state index is -0.426. The van der Waals surface area contributed by atoms with Crippen molar-refractivity contribution in [2.75, 3.05) is 0 Å². The summed E-state index contributed by atoms with van der Waals surface area (Å²) >= 11 is 3.15. The number of aromatic hydroxyl groups is 1. The third kappa shape index (κ3) is 2.44. The molecule has 84 valence electrons. The van der Waals surface area contributed by atoms with Crippen LogP contribution in [-0.2, 0) is 0 Å². The molecule has 0 saturated heterocycles. The zero-order chi connectivity index (χ0) is 10.3. The Balaban J connectivity index is 0.00000112. The van der Waals surface area contributed by atoms with Crippen LogP contribution in [0.2, 0.25) is 0 Å². The highest BCUT2D eigenvalue weighted by Gasteiger charge is 2.33. The van der Waals surface area contributed by atoms with E-state index in [4.69, 9.17) is 5.73 Å². The van der Waals surface area contributed by atoms with Gasteiger partial charge in [0.05, 0.1) is 4.47 Å². The summed E-state index contributed by atoms with van der Waals surface area (Å²) < 4.78 is 13.9. The molecule has 2 nitrogen and oxygen atoms in total. The highest BCUT2D eigenvalue weighted by Crippen LogP contribution is 2.44. The van der Waals surface area contributed by atoms with Crippen LogP contribution in [0.1, 0.15) is 24.4 Å². The van der Waals surface area contributed by atoms with Crippen molar-refractivity contribution in [3.8, 4) is 5.75 Å². The third-order valence-corrected chi connectivity index (χ3v) is 3.22. The van der Waals surface area contributed by atoms with Gasteiger partial charge in [-0.1, -0.05) is 0 Å². The molecule has 1 fully saturated rings. The first kappa shape index (κ1) is 12.7. The Morgan fingerprint density at radius 2 is 2.07 bits per heavy atom. The summed E-state index contributed by atoms with van der Waals surface area (Å²) in [6.07, 6.45) is 2.04. The van der Waals surface area contributed by atoms with Crippen LogP contribution < -0.4 is 5.73 Å². The number of hydrogen-bond acceptors (Lipinski definition) is 2. The lowest BCUT2D eigenvalue weighted by atomic mass is 10.0. The fourth-order valence-corrected chi connectivity index (χ4v) is 1.91. The lowest BCUT2D eigenvalue weighted by molar-refractivity contribution is 0.438. The number of phenolic OH excluding ortho intramolecular Hbond substituents is 1. The van der Waals surface area contributed by atoms with E-state index in [0.29, 0.717) is 10.4 Å². The van der Waals surface area contributed by atoms with Gasteiger partial charge < -0.3 is 10.8 Å². The van der Waals surface area contributed by atoms with Crippen LogP contribution in [0.3, 0.4) is 0 Å². The first-order chi connectivity index (χ1) is 6.61. The van der Waals surface area contributed by atoms with E-state index in [2.05, 4.69) is 15.9 Å². The Morgan fingerprint density at radius 3 is 2.60 bits per heavy atom. The molecule has 0 aromatic heterocycles. The van der Waals surface area contributed by atoms with Crippen LogP contribution in [0, 0.1) is 11.7 Å². The largest absolute Gasteiger partial charge is 0.506 e. The number of benzene rings is 1. The number of phenols is 1. The minimum absolute atomic E-state index is 0. The molecule has 0 unspecified atom stereocenters. The molecule has 1 aliphatic rings. The molecule has 0 heterocycles. The van der Waals surface area contributed by atoms with Crippen LogP contribution in [-0.4, -0.2) is 5.11 Å². The van der Waals surface area contributed by atoms with Gasteiger partial charge in [0.15, 0.2) is 0 Å². The average Bonchev–Trinajstić information content (AvgIpc) is 2.95. The van der Waals surface area contributed by atoms with Gasteiger partial charge in [0, 0.05) is 11.6 Å². The molecule has 0 spiro atoms. The number of hydrogen-bond donors (Lipinski definition) is 2. The maximum absolute atomic E-state index is 13.4. The van der Waals surface area contributed by atoms with Gasteiger partial charge in [0.25, 0.3) is 0 Å². The summed E-state index contributed by atoms with van der Waals surface area (Å²) in [4.78, 5) is 0. The van der Waals surface area contributed by atoms with E-state index in [0.717, 1.165) is 12.8 Å². The first-order valence-electron chi connectivity index (χ1n) is 4.53. The molecule has 1 atom stereocenters. The third-order valence-electron chi connectivity index (χ3n) is 2.58. The van der Waals surface area contributed by atoms with Crippen LogP contribution in [0.25, 0.3) is 0 Å². The molecule has 5 heteroatoms. The fraction of sp³-hybridized carbons (Fsp3) is 0.400. The van der Waals surface area contributed by atoms with Gasteiger partial charge in [-0.2, -0.15) is 0 Å². The van der Waals surface area contributed by atoms with Gasteiger partial charge in [0.1, 0.15) is 11.6 Å². The zero-order valence-electron chi connectivity index (χ0n) is 7.91. The zero-order valence-corrected chi connectivity index (χ0v) is 10.3. The van der Waals surface area contributed by atoms with Crippen LogP contribution in [0.5, 0.6) is 5.75 Å². The second-order valence-electron chi connectivity index (χ2n) is 3.65. The highest BCUT2D eigenvalue weighted by molar-refractivity contribution is 9.10. The van der Waals surface area contributed by atoms with E-state index >= 15 is 0 Å². The van der Waals surface area contributed by atoms with Crippen molar-refractivity contribution in [2.24, 2.45) is 11.7 Å². The molecule has 1 aromatic rings. The molecule has 0 radical (unpaired) electrons. The topological polar surface area (TPSA) is 46.2 Å². The van der Waals surface area contributed by atoms with Gasteiger partial charge in [0.2, 0.25) is 0 Å². The fourth-order valence-electron chi connectivity index (χ4n) is 1.56. The Bertz CT molecular complexity index is 371. The summed E-state index contributed by atoms with van der Waals surface area (Å²) in [6.45, 7) is 0. The molecule has 0 aliphatic heterocycles. The van der Waals surface area contributed by atoms with Gasteiger partial charge >= 0.3 is 0 Å². The van der Waals surface area contributed by atoms with Crippen molar-refractivity contribution in [2.45, 2.75) is 18.9 Å². The summed E-state index contributed by atoms with van der Waals surface area (Å²) in [6, 6.07) is 2.42. The lowest BCUT2D eigenvalue weighted by Crippen LogP contribution is -2.14. The summed E-state index contributed by atoms with van der Waals surface area (Å²) in [5, 5.41) is 9.66. The Labute approximate surface area is 102 Å². The number of halogens is 3. The first-order valence-corrected chi connectivity index (χ1v) is 5.33.